The Kier molecular flexibility index (Phi) is 5.54. The van der Waals surface area contributed by atoms with Gasteiger partial charge in [-0.2, -0.15) is 0 Å². The Morgan fingerprint density at radius 1 is 1.50 bits per heavy atom. The fraction of sp³-hybridized carbons (Fsp3) is 0.692. The number of ether oxygens (including phenoxy) is 1. The quantitative estimate of drug-likeness (QED) is 0.783. The van der Waals surface area contributed by atoms with Crippen LogP contribution in [0.25, 0.3) is 0 Å². The highest BCUT2D eigenvalue weighted by Gasteiger charge is 2.34. The van der Waals surface area contributed by atoms with Gasteiger partial charge in [0.05, 0.1) is 42.1 Å². The first kappa shape index (κ1) is 17.3. The second-order valence-corrected chi connectivity index (χ2v) is 8.86. The fourth-order valence-corrected chi connectivity index (χ4v) is 4.03. The molecule has 0 radical (unpaired) electrons. The summed E-state index contributed by atoms with van der Waals surface area (Å²) < 4.78 is 30.5. The first-order chi connectivity index (χ1) is 10.3. The summed E-state index contributed by atoms with van der Waals surface area (Å²) in [5.41, 5.74) is 0.733. The molecule has 2 heterocycles. The zero-order valence-corrected chi connectivity index (χ0v) is 14.5. The van der Waals surface area contributed by atoms with Crippen molar-refractivity contribution in [2.24, 2.45) is 5.92 Å². The Labute approximate surface area is 134 Å². The van der Waals surface area contributed by atoms with E-state index < -0.39 is 10.0 Å². The van der Waals surface area contributed by atoms with Crippen molar-refractivity contribution in [1.29, 1.82) is 0 Å². The average Bonchev–Trinajstić information content (AvgIpc) is 2.99. The van der Waals surface area contributed by atoms with Crippen LogP contribution in [0.4, 0.5) is 0 Å². The van der Waals surface area contributed by atoms with Crippen LogP contribution in [0, 0.1) is 12.8 Å². The summed E-state index contributed by atoms with van der Waals surface area (Å²) in [7, 11) is -0.308. The van der Waals surface area contributed by atoms with E-state index >= 15 is 0 Å². The molecule has 1 aliphatic heterocycles. The second-order valence-electron chi connectivity index (χ2n) is 5.57. The Hall–Kier alpha value is -1.03. The first-order valence-corrected chi connectivity index (χ1v) is 9.45. The van der Waals surface area contributed by atoms with Gasteiger partial charge in [-0.05, 0) is 6.92 Å². The molecule has 0 unspecified atom stereocenters. The standard InChI is InChI=1S/C13H21N3O4S2/c1-9-14-11(7-21-9)4-13(17)15-12-6-20-5-10(12)8-22(18,19)16(2)3/h7,10,12H,4-6,8H2,1-3H3,(H,15,17)/t10-,12+/m0/s1. The maximum atomic E-state index is 12.1. The maximum Gasteiger partial charge on any atom is 0.226 e. The van der Waals surface area contributed by atoms with E-state index in [1.807, 2.05) is 12.3 Å². The topological polar surface area (TPSA) is 88.6 Å². The molecule has 0 spiro atoms. The SMILES string of the molecule is Cc1nc(CC(=O)N[C@@H]2COC[C@H]2CS(=O)(=O)N(C)C)cs1. The van der Waals surface area contributed by atoms with Gasteiger partial charge in [-0.15, -0.1) is 11.3 Å². The number of thiazole rings is 1. The predicted octanol–water partition coefficient (Wildman–Crippen LogP) is 0.0166. The van der Waals surface area contributed by atoms with E-state index in [1.54, 1.807) is 0 Å². The van der Waals surface area contributed by atoms with Gasteiger partial charge in [0.1, 0.15) is 0 Å². The molecule has 1 fully saturated rings. The van der Waals surface area contributed by atoms with Crippen molar-refractivity contribution in [1.82, 2.24) is 14.6 Å². The maximum absolute atomic E-state index is 12.1. The summed E-state index contributed by atoms with van der Waals surface area (Å²) in [6.45, 7) is 2.57. The summed E-state index contributed by atoms with van der Waals surface area (Å²) in [6.07, 6.45) is 0.202. The Bertz CT molecular complexity index is 627. The van der Waals surface area contributed by atoms with Crippen molar-refractivity contribution in [3.8, 4) is 0 Å². The summed E-state index contributed by atoms with van der Waals surface area (Å²) >= 11 is 1.50. The molecule has 1 aromatic heterocycles. The van der Waals surface area contributed by atoms with Crippen LogP contribution in [0.1, 0.15) is 10.7 Å². The minimum absolute atomic E-state index is 0.0270. The normalized spacial score (nSPS) is 22.2. The third-order valence-electron chi connectivity index (χ3n) is 3.53. The van der Waals surface area contributed by atoms with Gasteiger partial charge < -0.3 is 10.1 Å². The average molecular weight is 347 g/mol. The number of hydrogen-bond donors (Lipinski definition) is 1. The van der Waals surface area contributed by atoms with Crippen molar-refractivity contribution in [3.05, 3.63) is 16.1 Å². The minimum atomic E-state index is -3.31. The molecule has 2 atom stereocenters. The molecule has 0 bridgehead atoms. The summed E-state index contributed by atoms with van der Waals surface area (Å²) in [5.74, 6) is -0.414. The van der Waals surface area contributed by atoms with Gasteiger partial charge in [-0.3, -0.25) is 4.79 Å². The number of rotatable bonds is 6. The van der Waals surface area contributed by atoms with Crippen LogP contribution in [0.5, 0.6) is 0 Å². The molecular weight excluding hydrogens is 326 g/mol. The number of amides is 1. The monoisotopic (exact) mass is 347 g/mol. The lowest BCUT2D eigenvalue weighted by atomic mass is 10.1. The number of carbonyl (C=O) groups excluding carboxylic acids is 1. The highest BCUT2D eigenvalue weighted by atomic mass is 32.2. The first-order valence-electron chi connectivity index (χ1n) is 6.96. The van der Waals surface area contributed by atoms with Crippen molar-refractivity contribution < 1.29 is 17.9 Å². The number of hydrogen-bond acceptors (Lipinski definition) is 6. The van der Waals surface area contributed by atoms with Gasteiger partial charge in [0.2, 0.25) is 15.9 Å². The number of aryl methyl sites for hydroxylation is 1. The molecule has 124 valence electrons. The van der Waals surface area contributed by atoms with E-state index in [1.165, 1.54) is 29.7 Å². The van der Waals surface area contributed by atoms with Gasteiger partial charge >= 0.3 is 0 Å². The molecule has 2 rings (SSSR count). The molecule has 1 aliphatic rings. The van der Waals surface area contributed by atoms with Crippen LogP contribution in [-0.2, 0) is 26.0 Å². The third kappa shape index (κ3) is 4.48. The second kappa shape index (κ2) is 7.03. The Morgan fingerprint density at radius 3 is 2.82 bits per heavy atom. The lowest BCUT2D eigenvalue weighted by Gasteiger charge is -2.20. The van der Waals surface area contributed by atoms with Crippen molar-refractivity contribution in [2.45, 2.75) is 19.4 Å². The van der Waals surface area contributed by atoms with Crippen LogP contribution in [0.2, 0.25) is 0 Å². The lowest BCUT2D eigenvalue weighted by Crippen LogP contribution is -2.44. The molecule has 0 aliphatic carbocycles. The van der Waals surface area contributed by atoms with Crippen LogP contribution >= 0.6 is 11.3 Å². The van der Waals surface area contributed by atoms with E-state index in [9.17, 15) is 13.2 Å². The molecule has 1 aromatic rings. The number of nitrogens with zero attached hydrogens (tertiary/aromatic N) is 2. The number of nitrogens with one attached hydrogen (secondary N) is 1. The molecule has 1 N–H and O–H groups in total. The van der Waals surface area contributed by atoms with Gasteiger partial charge in [-0.1, -0.05) is 0 Å². The molecule has 9 heteroatoms. The van der Waals surface area contributed by atoms with Crippen LogP contribution in [0.15, 0.2) is 5.38 Å². The van der Waals surface area contributed by atoms with E-state index in [-0.39, 0.29) is 30.0 Å². The van der Waals surface area contributed by atoms with Crippen LogP contribution in [0.3, 0.4) is 0 Å². The smallest absolute Gasteiger partial charge is 0.226 e. The molecule has 0 aromatic carbocycles. The Morgan fingerprint density at radius 2 is 2.23 bits per heavy atom. The highest BCUT2D eigenvalue weighted by molar-refractivity contribution is 7.89. The molecule has 7 nitrogen and oxygen atoms in total. The van der Waals surface area contributed by atoms with Gasteiger partial charge in [-0.25, -0.2) is 17.7 Å². The zero-order valence-electron chi connectivity index (χ0n) is 12.9. The molecule has 1 amide bonds. The molecule has 1 saturated heterocycles. The Balaban J connectivity index is 1.92. The highest BCUT2D eigenvalue weighted by Crippen LogP contribution is 2.17. The zero-order chi connectivity index (χ0) is 16.3. The van der Waals surface area contributed by atoms with Gasteiger partial charge in [0.15, 0.2) is 0 Å². The van der Waals surface area contributed by atoms with Crippen molar-refractivity contribution in [2.75, 3.05) is 33.1 Å². The predicted molar refractivity (Wildman–Crippen MR) is 84.3 cm³/mol. The van der Waals surface area contributed by atoms with E-state index in [4.69, 9.17) is 4.74 Å². The van der Waals surface area contributed by atoms with E-state index in [0.717, 1.165) is 10.7 Å². The number of sulfonamides is 1. The third-order valence-corrected chi connectivity index (χ3v) is 6.32. The van der Waals surface area contributed by atoms with Crippen LogP contribution in [-0.4, -0.2) is 62.7 Å². The summed E-state index contributed by atoms with van der Waals surface area (Å²) in [4.78, 5) is 16.3. The minimum Gasteiger partial charge on any atom is -0.379 e. The van der Waals surface area contributed by atoms with E-state index in [2.05, 4.69) is 10.3 Å². The lowest BCUT2D eigenvalue weighted by molar-refractivity contribution is -0.121. The molecule has 0 saturated carbocycles. The number of aromatic nitrogens is 1. The molecular formula is C13H21N3O4S2. The van der Waals surface area contributed by atoms with Gasteiger partial charge in [0, 0.05) is 25.4 Å². The molecule has 22 heavy (non-hydrogen) atoms. The summed E-state index contributed by atoms with van der Waals surface area (Å²) in [5, 5.41) is 5.64. The van der Waals surface area contributed by atoms with Gasteiger partial charge in [0.25, 0.3) is 0 Å². The number of carbonyl (C=O) groups is 1. The van der Waals surface area contributed by atoms with Crippen molar-refractivity contribution in [3.63, 3.8) is 0 Å². The van der Waals surface area contributed by atoms with Crippen molar-refractivity contribution >= 4 is 27.3 Å². The summed E-state index contributed by atoms with van der Waals surface area (Å²) in [6, 6.07) is -0.276. The van der Waals surface area contributed by atoms with E-state index in [0.29, 0.717) is 13.2 Å². The fourth-order valence-electron chi connectivity index (χ4n) is 2.25. The van der Waals surface area contributed by atoms with Crippen LogP contribution < -0.4 is 5.32 Å². The largest absolute Gasteiger partial charge is 0.379 e.